The molecule has 1 fully saturated rings. The fraction of sp³-hybridized carbons (Fsp3) is 0.375. The molecule has 2 aromatic rings. The first-order valence-corrected chi connectivity index (χ1v) is 7.22. The van der Waals surface area contributed by atoms with Crippen LogP contribution < -0.4 is 15.4 Å². The zero-order valence-corrected chi connectivity index (χ0v) is 12.4. The van der Waals surface area contributed by atoms with E-state index in [1.807, 2.05) is 25.2 Å². The van der Waals surface area contributed by atoms with E-state index in [-0.39, 0.29) is 0 Å². The SMILES string of the molecule is CNc1nc(NCc2cccc(OC)c2)cc(C2CC2)n1. The van der Waals surface area contributed by atoms with Crippen molar-refractivity contribution in [3.8, 4) is 5.75 Å². The van der Waals surface area contributed by atoms with Gasteiger partial charge in [0.25, 0.3) is 0 Å². The molecule has 1 aromatic heterocycles. The van der Waals surface area contributed by atoms with Crippen molar-refractivity contribution < 1.29 is 4.74 Å². The largest absolute Gasteiger partial charge is 0.497 e. The van der Waals surface area contributed by atoms with Gasteiger partial charge in [-0.2, -0.15) is 4.98 Å². The molecule has 0 amide bonds. The van der Waals surface area contributed by atoms with Gasteiger partial charge in [-0.05, 0) is 30.5 Å². The molecule has 2 N–H and O–H groups in total. The second kappa shape index (κ2) is 5.99. The van der Waals surface area contributed by atoms with E-state index in [0.717, 1.165) is 22.8 Å². The monoisotopic (exact) mass is 284 g/mol. The first kappa shape index (κ1) is 13.7. The lowest BCUT2D eigenvalue weighted by atomic mass is 10.2. The number of rotatable bonds is 6. The van der Waals surface area contributed by atoms with Crippen molar-refractivity contribution in [1.82, 2.24) is 9.97 Å². The van der Waals surface area contributed by atoms with Crippen LogP contribution in [-0.4, -0.2) is 24.1 Å². The van der Waals surface area contributed by atoms with E-state index in [4.69, 9.17) is 4.74 Å². The number of methoxy groups -OCH3 is 1. The third kappa shape index (κ3) is 3.42. The summed E-state index contributed by atoms with van der Waals surface area (Å²) in [5, 5.41) is 6.39. The average Bonchev–Trinajstić information content (AvgIpc) is 3.37. The van der Waals surface area contributed by atoms with Gasteiger partial charge in [0.05, 0.1) is 12.8 Å². The summed E-state index contributed by atoms with van der Waals surface area (Å²) in [6.07, 6.45) is 2.46. The number of ether oxygens (including phenoxy) is 1. The van der Waals surface area contributed by atoms with Gasteiger partial charge in [-0.15, -0.1) is 0 Å². The highest BCUT2D eigenvalue weighted by Crippen LogP contribution is 2.39. The molecule has 1 aliphatic carbocycles. The maximum atomic E-state index is 5.24. The molecule has 1 saturated carbocycles. The molecule has 5 nitrogen and oxygen atoms in total. The van der Waals surface area contributed by atoms with E-state index in [0.29, 0.717) is 18.4 Å². The maximum absolute atomic E-state index is 5.24. The zero-order valence-electron chi connectivity index (χ0n) is 12.4. The summed E-state index contributed by atoms with van der Waals surface area (Å²) in [6, 6.07) is 10.1. The third-order valence-electron chi connectivity index (χ3n) is 3.57. The van der Waals surface area contributed by atoms with Crippen LogP contribution in [0.4, 0.5) is 11.8 Å². The van der Waals surface area contributed by atoms with Crippen LogP contribution in [0, 0.1) is 0 Å². The minimum Gasteiger partial charge on any atom is -0.497 e. The second-order valence-corrected chi connectivity index (χ2v) is 5.23. The molecule has 0 unspecified atom stereocenters. The third-order valence-corrected chi connectivity index (χ3v) is 3.57. The van der Waals surface area contributed by atoms with Gasteiger partial charge in [-0.3, -0.25) is 0 Å². The predicted octanol–water partition coefficient (Wildman–Crippen LogP) is 3.02. The number of hydrogen-bond donors (Lipinski definition) is 2. The lowest BCUT2D eigenvalue weighted by molar-refractivity contribution is 0.414. The fourth-order valence-corrected chi connectivity index (χ4v) is 2.23. The lowest BCUT2D eigenvalue weighted by Gasteiger charge is -2.10. The van der Waals surface area contributed by atoms with Gasteiger partial charge in [0.1, 0.15) is 11.6 Å². The highest BCUT2D eigenvalue weighted by Gasteiger charge is 2.26. The molecule has 3 rings (SSSR count). The summed E-state index contributed by atoms with van der Waals surface area (Å²) in [5.41, 5.74) is 2.29. The molecule has 21 heavy (non-hydrogen) atoms. The fourth-order valence-electron chi connectivity index (χ4n) is 2.23. The molecule has 0 bridgehead atoms. The van der Waals surface area contributed by atoms with Crippen molar-refractivity contribution >= 4 is 11.8 Å². The number of nitrogens with zero attached hydrogens (tertiary/aromatic N) is 2. The van der Waals surface area contributed by atoms with Gasteiger partial charge < -0.3 is 15.4 Å². The Morgan fingerprint density at radius 1 is 1.24 bits per heavy atom. The van der Waals surface area contributed by atoms with Crippen LogP contribution in [0.25, 0.3) is 0 Å². The standard InChI is InChI=1S/C16H20N4O/c1-17-16-19-14(12-6-7-12)9-15(20-16)18-10-11-4-3-5-13(8-11)21-2/h3-5,8-9,12H,6-7,10H2,1-2H3,(H2,17,18,19,20). The molecule has 0 radical (unpaired) electrons. The molecule has 0 saturated heterocycles. The highest BCUT2D eigenvalue weighted by atomic mass is 16.5. The number of hydrogen-bond acceptors (Lipinski definition) is 5. The molecule has 1 heterocycles. The predicted molar refractivity (Wildman–Crippen MR) is 83.9 cm³/mol. The van der Waals surface area contributed by atoms with Gasteiger partial charge in [-0.1, -0.05) is 12.1 Å². The smallest absolute Gasteiger partial charge is 0.224 e. The van der Waals surface area contributed by atoms with Crippen LogP contribution in [0.2, 0.25) is 0 Å². The Bertz CT molecular complexity index is 625. The van der Waals surface area contributed by atoms with Crippen molar-refractivity contribution in [2.24, 2.45) is 0 Å². The Kier molecular flexibility index (Phi) is 3.90. The van der Waals surface area contributed by atoms with Crippen LogP contribution >= 0.6 is 0 Å². The van der Waals surface area contributed by atoms with Gasteiger partial charge >= 0.3 is 0 Å². The van der Waals surface area contributed by atoms with Crippen LogP contribution in [0.15, 0.2) is 30.3 Å². The summed E-state index contributed by atoms with van der Waals surface area (Å²) in [5.74, 6) is 3.01. The van der Waals surface area contributed by atoms with Crippen molar-refractivity contribution in [2.45, 2.75) is 25.3 Å². The van der Waals surface area contributed by atoms with Gasteiger partial charge in [0.15, 0.2) is 0 Å². The molecule has 0 spiro atoms. The number of aromatic nitrogens is 2. The average molecular weight is 284 g/mol. The van der Waals surface area contributed by atoms with E-state index < -0.39 is 0 Å². The highest BCUT2D eigenvalue weighted by molar-refractivity contribution is 5.44. The minimum absolute atomic E-state index is 0.609. The van der Waals surface area contributed by atoms with E-state index in [1.165, 1.54) is 12.8 Å². The van der Waals surface area contributed by atoms with Crippen molar-refractivity contribution in [3.63, 3.8) is 0 Å². The van der Waals surface area contributed by atoms with Crippen molar-refractivity contribution in [3.05, 3.63) is 41.6 Å². The first-order valence-electron chi connectivity index (χ1n) is 7.22. The summed E-state index contributed by atoms with van der Waals surface area (Å²) >= 11 is 0. The van der Waals surface area contributed by atoms with Crippen molar-refractivity contribution in [1.29, 1.82) is 0 Å². The molecule has 0 atom stereocenters. The van der Waals surface area contributed by atoms with E-state index in [9.17, 15) is 0 Å². The second-order valence-electron chi connectivity index (χ2n) is 5.23. The lowest BCUT2D eigenvalue weighted by Crippen LogP contribution is -2.06. The molecule has 110 valence electrons. The summed E-state index contributed by atoms with van der Waals surface area (Å²) in [7, 11) is 3.52. The van der Waals surface area contributed by atoms with E-state index in [1.54, 1.807) is 7.11 Å². The Balaban J connectivity index is 1.73. The van der Waals surface area contributed by atoms with Crippen LogP contribution in [0.5, 0.6) is 5.75 Å². The normalized spacial score (nSPS) is 13.8. The molecule has 0 aliphatic heterocycles. The molecular formula is C16H20N4O. The van der Waals surface area contributed by atoms with Gasteiger partial charge in [0.2, 0.25) is 5.95 Å². The minimum atomic E-state index is 0.609. The summed E-state index contributed by atoms with van der Waals surface area (Å²) in [4.78, 5) is 8.97. The molecule has 1 aromatic carbocycles. The number of anilines is 2. The van der Waals surface area contributed by atoms with Gasteiger partial charge in [-0.25, -0.2) is 4.98 Å². The molecular weight excluding hydrogens is 264 g/mol. The van der Waals surface area contributed by atoms with Crippen LogP contribution in [0.1, 0.15) is 30.0 Å². The Morgan fingerprint density at radius 3 is 2.81 bits per heavy atom. The van der Waals surface area contributed by atoms with Crippen LogP contribution in [-0.2, 0) is 6.54 Å². The Labute approximate surface area is 124 Å². The van der Waals surface area contributed by atoms with Crippen LogP contribution in [0.3, 0.4) is 0 Å². The summed E-state index contributed by atoms with van der Waals surface area (Å²) < 4.78 is 5.24. The quantitative estimate of drug-likeness (QED) is 0.854. The summed E-state index contributed by atoms with van der Waals surface area (Å²) in [6.45, 7) is 0.710. The Hall–Kier alpha value is -2.30. The first-order chi connectivity index (χ1) is 10.3. The van der Waals surface area contributed by atoms with Gasteiger partial charge in [0, 0.05) is 25.6 Å². The topological polar surface area (TPSA) is 59.1 Å². The maximum Gasteiger partial charge on any atom is 0.224 e. The van der Waals surface area contributed by atoms with E-state index in [2.05, 4.69) is 32.7 Å². The van der Waals surface area contributed by atoms with Crippen molar-refractivity contribution in [2.75, 3.05) is 24.8 Å². The zero-order chi connectivity index (χ0) is 14.7. The van der Waals surface area contributed by atoms with E-state index >= 15 is 0 Å². The Morgan fingerprint density at radius 2 is 2.10 bits per heavy atom. The number of nitrogens with one attached hydrogen (secondary N) is 2. The number of benzene rings is 1. The molecule has 1 aliphatic rings. The molecule has 5 heteroatoms.